The second kappa shape index (κ2) is 10.9. The highest BCUT2D eigenvalue weighted by Gasteiger charge is 2.20. The van der Waals surface area contributed by atoms with Crippen LogP contribution in [0.2, 0.25) is 0 Å². The molecule has 2 aliphatic rings. The van der Waals surface area contributed by atoms with E-state index in [0.717, 1.165) is 57.7 Å². The number of amides is 1. The number of likely N-dealkylation sites (tertiary alicyclic amines) is 1. The Hall–Kier alpha value is -3.70. The first kappa shape index (κ1) is 24.0. The van der Waals surface area contributed by atoms with Gasteiger partial charge in [0.2, 0.25) is 0 Å². The fourth-order valence-corrected chi connectivity index (χ4v) is 5.03. The van der Waals surface area contributed by atoms with Crippen molar-refractivity contribution in [3.05, 3.63) is 65.5 Å². The number of nitrogens with one attached hydrogen (secondary N) is 2. The van der Waals surface area contributed by atoms with Crippen LogP contribution < -0.4 is 10.6 Å². The zero-order valence-electron chi connectivity index (χ0n) is 20.3. The summed E-state index contributed by atoms with van der Waals surface area (Å²) in [6.45, 7) is 4.53. The second-order valence-corrected chi connectivity index (χ2v) is 9.61. The average Bonchev–Trinajstić information content (AvgIpc) is 3.52. The van der Waals surface area contributed by atoms with Gasteiger partial charge in [-0.2, -0.15) is 5.26 Å². The summed E-state index contributed by atoms with van der Waals surface area (Å²) in [5.74, 6) is 0.768. The van der Waals surface area contributed by atoms with Crippen molar-refractivity contribution >= 4 is 11.7 Å². The number of carbonyl (C=O) groups excluding carboxylic acids is 1. The van der Waals surface area contributed by atoms with Gasteiger partial charge in [0.25, 0.3) is 5.91 Å². The minimum Gasteiger partial charge on any atom is -0.368 e. The van der Waals surface area contributed by atoms with Crippen molar-refractivity contribution in [1.29, 1.82) is 5.26 Å². The van der Waals surface area contributed by atoms with Gasteiger partial charge in [0.15, 0.2) is 0 Å². The van der Waals surface area contributed by atoms with Crippen LogP contribution in [0.1, 0.15) is 48.0 Å². The number of hydrogen-bond donors (Lipinski definition) is 2. The third-order valence-electron chi connectivity index (χ3n) is 7.11. The molecule has 2 saturated heterocycles. The average molecular weight is 487 g/mol. The predicted octanol–water partition coefficient (Wildman–Crippen LogP) is 4.59. The summed E-state index contributed by atoms with van der Waals surface area (Å²) in [7, 11) is 0. The standard InChI is InChI=1S/C28H31FN6O/c29-25-16-22(5-6-23(25)18-30)26-17-27(32-19-20-4-3-12-31-13-11-20)33-35(26)24-9-7-21(8-10-24)28(36)34-14-1-2-15-34/h5-10,16-17,20,31H,1-4,11-15,19H2,(H,32,33)/t20-/m0/s1. The van der Waals surface area contributed by atoms with Crippen molar-refractivity contribution < 1.29 is 9.18 Å². The summed E-state index contributed by atoms with van der Waals surface area (Å²) in [5, 5.41) is 20.8. The lowest BCUT2D eigenvalue weighted by molar-refractivity contribution is 0.0793. The predicted molar refractivity (Wildman–Crippen MR) is 138 cm³/mol. The van der Waals surface area contributed by atoms with Crippen LogP contribution in [0.15, 0.2) is 48.5 Å². The number of aromatic nitrogens is 2. The van der Waals surface area contributed by atoms with Crippen LogP contribution in [0, 0.1) is 23.1 Å². The van der Waals surface area contributed by atoms with E-state index in [0.29, 0.717) is 28.6 Å². The Balaban J connectivity index is 1.43. The van der Waals surface area contributed by atoms with E-state index in [9.17, 15) is 9.18 Å². The van der Waals surface area contributed by atoms with Crippen LogP contribution >= 0.6 is 0 Å². The molecular weight excluding hydrogens is 455 g/mol. The van der Waals surface area contributed by atoms with E-state index in [4.69, 9.17) is 10.4 Å². The Morgan fingerprint density at radius 3 is 2.64 bits per heavy atom. The molecule has 8 heteroatoms. The number of halogens is 1. The van der Waals surface area contributed by atoms with Gasteiger partial charge in [-0.15, -0.1) is 5.10 Å². The van der Waals surface area contributed by atoms with Crippen molar-refractivity contribution in [3.8, 4) is 23.0 Å². The highest BCUT2D eigenvalue weighted by Crippen LogP contribution is 2.28. The summed E-state index contributed by atoms with van der Waals surface area (Å²) < 4.78 is 16.2. The van der Waals surface area contributed by atoms with Crippen LogP contribution in [0.5, 0.6) is 0 Å². The zero-order chi connectivity index (χ0) is 24.9. The lowest BCUT2D eigenvalue weighted by Gasteiger charge is -2.15. The molecule has 5 rings (SSSR count). The number of carbonyl (C=O) groups is 1. The molecule has 3 aromatic rings. The minimum absolute atomic E-state index is 0.00918. The molecule has 3 heterocycles. The first-order valence-electron chi connectivity index (χ1n) is 12.8. The second-order valence-electron chi connectivity index (χ2n) is 9.61. The van der Waals surface area contributed by atoms with E-state index >= 15 is 0 Å². The lowest BCUT2D eigenvalue weighted by Crippen LogP contribution is -2.27. The number of benzene rings is 2. The number of rotatable bonds is 6. The normalized spacial score (nSPS) is 18.0. The summed E-state index contributed by atoms with van der Waals surface area (Å²) in [6, 6.07) is 15.8. The van der Waals surface area contributed by atoms with Gasteiger partial charge in [-0.25, -0.2) is 9.07 Å². The SMILES string of the molecule is N#Cc1ccc(-c2cc(NC[C@H]3CCCNCC3)nn2-c2ccc(C(=O)N3CCCC3)cc2)cc1F. The summed E-state index contributed by atoms with van der Waals surface area (Å²) in [4.78, 5) is 14.7. The molecule has 2 aliphatic heterocycles. The molecule has 0 aliphatic carbocycles. The molecule has 2 N–H and O–H groups in total. The van der Waals surface area contributed by atoms with Gasteiger partial charge < -0.3 is 15.5 Å². The van der Waals surface area contributed by atoms with Gasteiger partial charge >= 0.3 is 0 Å². The van der Waals surface area contributed by atoms with Crippen molar-refractivity contribution in [2.75, 3.05) is 38.0 Å². The van der Waals surface area contributed by atoms with E-state index in [1.807, 2.05) is 41.3 Å². The first-order chi connectivity index (χ1) is 17.6. The van der Waals surface area contributed by atoms with E-state index in [2.05, 4.69) is 10.6 Å². The lowest BCUT2D eigenvalue weighted by atomic mass is 10.0. The highest BCUT2D eigenvalue weighted by molar-refractivity contribution is 5.94. The van der Waals surface area contributed by atoms with Crippen LogP contribution in [-0.2, 0) is 0 Å². The molecule has 0 spiro atoms. The van der Waals surface area contributed by atoms with Crippen molar-refractivity contribution in [3.63, 3.8) is 0 Å². The quantitative estimate of drug-likeness (QED) is 0.532. The van der Waals surface area contributed by atoms with Crippen LogP contribution in [-0.4, -0.2) is 53.3 Å². The van der Waals surface area contributed by atoms with Crippen molar-refractivity contribution in [2.24, 2.45) is 5.92 Å². The molecule has 1 aromatic heterocycles. The summed E-state index contributed by atoms with van der Waals surface area (Å²) >= 11 is 0. The molecule has 0 bridgehead atoms. The first-order valence-corrected chi connectivity index (χ1v) is 12.8. The van der Waals surface area contributed by atoms with Crippen LogP contribution in [0.3, 0.4) is 0 Å². The number of nitrogens with zero attached hydrogens (tertiary/aromatic N) is 4. The largest absolute Gasteiger partial charge is 0.368 e. The Kier molecular flexibility index (Phi) is 7.28. The Labute approximate surface area is 210 Å². The van der Waals surface area contributed by atoms with Crippen LogP contribution in [0.25, 0.3) is 16.9 Å². The molecule has 0 saturated carbocycles. The van der Waals surface area contributed by atoms with Crippen LogP contribution in [0.4, 0.5) is 10.2 Å². The molecule has 1 atom stereocenters. The molecular formula is C28H31FN6O. The highest BCUT2D eigenvalue weighted by atomic mass is 19.1. The van der Waals surface area contributed by atoms with E-state index in [1.165, 1.54) is 25.0 Å². The van der Waals surface area contributed by atoms with Gasteiger partial charge in [0.1, 0.15) is 17.7 Å². The third-order valence-corrected chi connectivity index (χ3v) is 7.11. The van der Waals surface area contributed by atoms with Gasteiger partial charge in [-0.3, -0.25) is 4.79 Å². The maximum Gasteiger partial charge on any atom is 0.253 e. The van der Waals surface area contributed by atoms with Gasteiger partial charge in [0, 0.05) is 36.8 Å². The molecule has 0 radical (unpaired) electrons. The molecule has 186 valence electrons. The van der Waals surface area contributed by atoms with Gasteiger partial charge in [0.05, 0.1) is 16.9 Å². The Morgan fingerprint density at radius 1 is 1.08 bits per heavy atom. The van der Waals surface area contributed by atoms with Crippen molar-refractivity contribution in [2.45, 2.75) is 32.1 Å². The molecule has 7 nitrogen and oxygen atoms in total. The Bertz CT molecular complexity index is 1250. The third kappa shape index (κ3) is 5.26. The van der Waals surface area contributed by atoms with Crippen molar-refractivity contribution in [1.82, 2.24) is 20.0 Å². The maximum absolute atomic E-state index is 14.5. The maximum atomic E-state index is 14.5. The van der Waals surface area contributed by atoms with Gasteiger partial charge in [-0.1, -0.05) is 6.07 Å². The van der Waals surface area contributed by atoms with E-state index in [1.54, 1.807) is 10.7 Å². The number of anilines is 1. The summed E-state index contributed by atoms with van der Waals surface area (Å²) in [5.41, 5.74) is 2.78. The zero-order valence-corrected chi connectivity index (χ0v) is 20.3. The molecule has 36 heavy (non-hydrogen) atoms. The molecule has 2 fully saturated rings. The fraction of sp³-hybridized carbons (Fsp3) is 0.393. The Morgan fingerprint density at radius 2 is 1.89 bits per heavy atom. The summed E-state index contributed by atoms with van der Waals surface area (Å²) in [6.07, 6.45) is 5.55. The monoisotopic (exact) mass is 486 g/mol. The van der Waals surface area contributed by atoms with E-state index in [-0.39, 0.29) is 11.5 Å². The molecule has 1 amide bonds. The minimum atomic E-state index is -0.560. The fourth-order valence-electron chi connectivity index (χ4n) is 5.03. The smallest absolute Gasteiger partial charge is 0.253 e. The number of hydrogen-bond acceptors (Lipinski definition) is 5. The topological polar surface area (TPSA) is 86.0 Å². The van der Waals surface area contributed by atoms with Gasteiger partial charge in [-0.05, 0) is 87.5 Å². The van der Waals surface area contributed by atoms with E-state index < -0.39 is 5.82 Å². The molecule has 2 aromatic carbocycles. The number of nitriles is 1. The molecule has 0 unspecified atom stereocenters.